The van der Waals surface area contributed by atoms with E-state index in [1.807, 2.05) is 80.5 Å². The lowest BCUT2D eigenvalue weighted by Gasteiger charge is -2.47. The second-order valence-corrected chi connectivity index (χ2v) is 11.8. The highest BCUT2D eigenvalue weighted by molar-refractivity contribution is 6.62. The van der Waals surface area contributed by atoms with Crippen molar-refractivity contribution in [2.24, 2.45) is 5.92 Å². The minimum absolute atomic E-state index is 0.269. The summed E-state index contributed by atoms with van der Waals surface area (Å²) in [5.74, 6) is 1.05. The van der Waals surface area contributed by atoms with Crippen molar-refractivity contribution in [3.63, 3.8) is 0 Å². The molecule has 0 bridgehead atoms. The van der Waals surface area contributed by atoms with Crippen LogP contribution in [-0.4, -0.2) is 52.1 Å². The molecule has 1 aliphatic heterocycles. The number of ether oxygens (including phenoxy) is 1. The molecule has 180 valence electrons. The molecular formula is C25H42BNO5. The van der Waals surface area contributed by atoms with Crippen LogP contribution in [0.1, 0.15) is 81.2 Å². The van der Waals surface area contributed by atoms with Gasteiger partial charge in [0.15, 0.2) is 0 Å². The predicted molar refractivity (Wildman–Crippen MR) is 130 cm³/mol. The van der Waals surface area contributed by atoms with E-state index in [2.05, 4.69) is 13.8 Å². The third-order valence-corrected chi connectivity index (χ3v) is 6.51. The van der Waals surface area contributed by atoms with Gasteiger partial charge >= 0.3 is 13.2 Å². The first-order valence-electron chi connectivity index (χ1n) is 11.5. The Balaban J connectivity index is 2.25. The summed E-state index contributed by atoms with van der Waals surface area (Å²) in [6.07, 6.45) is -0.237. The summed E-state index contributed by atoms with van der Waals surface area (Å²) in [6, 6.07) is 5.91. The Morgan fingerprint density at radius 2 is 1.66 bits per heavy atom. The zero-order valence-corrected chi connectivity index (χ0v) is 21.8. The first-order valence-corrected chi connectivity index (χ1v) is 11.5. The predicted octanol–water partition coefficient (Wildman–Crippen LogP) is 5.26. The van der Waals surface area contributed by atoms with E-state index in [4.69, 9.17) is 14.0 Å². The smallest absolute Gasteiger partial charge is 0.491 e. The highest BCUT2D eigenvalue weighted by atomic mass is 16.7. The zero-order valence-electron chi connectivity index (χ0n) is 21.8. The van der Waals surface area contributed by atoms with Gasteiger partial charge in [-0.15, -0.1) is 0 Å². The molecular weight excluding hydrogens is 405 g/mol. The highest BCUT2D eigenvalue weighted by Crippen LogP contribution is 2.37. The largest absolute Gasteiger partial charge is 0.494 e. The number of hydrogen-bond donors (Lipinski definition) is 1. The topological polar surface area (TPSA) is 68.2 Å². The summed E-state index contributed by atoms with van der Waals surface area (Å²) < 4.78 is 18.6. The van der Waals surface area contributed by atoms with Gasteiger partial charge in [0, 0.05) is 5.54 Å². The van der Waals surface area contributed by atoms with Gasteiger partial charge in [-0.1, -0.05) is 26.0 Å². The fourth-order valence-electron chi connectivity index (χ4n) is 4.62. The molecule has 1 fully saturated rings. The van der Waals surface area contributed by atoms with Crippen molar-refractivity contribution in [1.82, 2.24) is 4.90 Å². The molecule has 1 amide bonds. The normalized spacial score (nSPS) is 19.7. The van der Waals surface area contributed by atoms with Crippen molar-refractivity contribution in [2.45, 2.75) is 105 Å². The number of aryl methyl sites for hydroxylation is 1. The molecule has 1 saturated heterocycles. The third-order valence-electron chi connectivity index (χ3n) is 6.51. The fourth-order valence-corrected chi connectivity index (χ4v) is 4.62. The molecule has 32 heavy (non-hydrogen) atoms. The summed E-state index contributed by atoms with van der Waals surface area (Å²) >= 11 is 0. The molecule has 0 unspecified atom stereocenters. The van der Waals surface area contributed by atoms with E-state index in [1.165, 1.54) is 4.90 Å². The third kappa shape index (κ3) is 5.60. The van der Waals surface area contributed by atoms with Crippen LogP contribution in [-0.2, 0) is 9.31 Å². The number of hydrogen-bond acceptors (Lipinski definition) is 4. The molecule has 0 radical (unpaired) electrons. The van der Waals surface area contributed by atoms with Crippen LogP contribution in [0.2, 0.25) is 0 Å². The first kappa shape index (κ1) is 26.5. The summed E-state index contributed by atoms with van der Waals surface area (Å²) in [5, 5.41) is 9.99. The summed E-state index contributed by atoms with van der Waals surface area (Å²) in [6.45, 7) is 22.4. The van der Waals surface area contributed by atoms with Gasteiger partial charge in [0.1, 0.15) is 12.4 Å². The monoisotopic (exact) mass is 447 g/mol. The second-order valence-electron chi connectivity index (χ2n) is 11.8. The highest BCUT2D eigenvalue weighted by Gasteiger charge is 2.51. The first-order chi connectivity index (χ1) is 14.4. The molecule has 1 heterocycles. The SMILES string of the molecule is Cc1cc(B2OC(C)(C)C(C)(C)O2)ccc1OC[C@](C)(CC(C)C)N(C(=O)O)C(C)(C)C. The molecule has 1 aromatic rings. The number of carbonyl (C=O) groups is 1. The van der Waals surface area contributed by atoms with Gasteiger partial charge in [-0.05, 0) is 91.7 Å². The molecule has 7 heteroatoms. The van der Waals surface area contributed by atoms with Crippen LogP contribution in [0.5, 0.6) is 5.75 Å². The number of carboxylic acid groups (broad SMARTS) is 1. The van der Waals surface area contributed by atoms with Crippen molar-refractivity contribution in [3.8, 4) is 5.75 Å². The van der Waals surface area contributed by atoms with Crippen LogP contribution in [0.3, 0.4) is 0 Å². The summed E-state index contributed by atoms with van der Waals surface area (Å²) in [4.78, 5) is 13.7. The molecule has 0 aromatic heterocycles. The van der Waals surface area contributed by atoms with Crippen LogP contribution in [0.15, 0.2) is 18.2 Å². The van der Waals surface area contributed by atoms with Gasteiger partial charge in [0.25, 0.3) is 0 Å². The Labute approximate surface area is 194 Å². The standard InChI is InChI=1S/C25H42BNO5/c1-17(2)15-25(11,27(21(28)29)22(4,5)6)16-30-20-13-12-19(14-18(20)3)26-31-23(7,8)24(9,10)32-26/h12-14,17H,15-16H2,1-11H3,(H,28,29)/t25-/m0/s1. The zero-order chi connectivity index (χ0) is 24.7. The average molecular weight is 447 g/mol. The van der Waals surface area contributed by atoms with Crippen molar-refractivity contribution < 1.29 is 23.9 Å². The minimum Gasteiger partial charge on any atom is -0.491 e. The Bertz CT molecular complexity index is 814. The van der Waals surface area contributed by atoms with E-state index in [1.54, 1.807) is 0 Å². The Morgan fingerprint density at radius 3 is 2.06 bits per heavy atom. The lowest BCUT2D eigenvalue weighted by atomic mass is 9.78. The number of amides is 1. The fraction of sp³-hybridized carbons (Fsp3) is 0.720. The van der Waals surface area contributed by atoms with Gasteiger partial charge in [-0.3, -0.25) is 4.90 Å². The van der Waals surface area contributed by atoms with Gasteiger partial charge < -0.3 is 19.2 Å². The van der Waals surface area contributed by atoms with Crippen molar-refractivity contribution in [2.75, 3.05) is 6.61 Å². The molecule has 1 atom stereocenters. The van der Waals surface area contributed by atoms with Crippen molar-refractivity contribution >= 4 is 18.7 Å². The lowest BCUT2D eigenvalue weighted by Crippen LogP contribution is -2.61. The van der Waals surface area contributed by atoms with Gasteiger partial charge in [-0.25, -0.2) is 4.79 Å². The molecule has 1 aliphatic rings. The van der Waals surface area contributed by atoms with Crippen LogP contribution < -0.4 is 10.2 Å². The van der Waals surface area contributed by atoms with E-state index in [0.717, 1.165) is 16.8 Å². The maximum atomic E-state index is 12.2. The van der Waals surface area contributed by atoms with E-state index in [0.29, 0.717) is 12.3 Å². The number of nitrogens with zero attached hydrogens (tertiary/aromatic N) is 1. The van der Waals surface area contributed by atoms with Crippen molar-refractivity contribution in [3.05, 3.63) is 23.8 Å². The summed E-state index contributed by atoms with van der Waals surface area (Å²) in [7, 11) is -0.428. The Morgan fingerprint density at radius 1 is 1.12 bits per heavy atom. The van der Waals surface area contributed by atoms with Crippen LogP contribution in [0.4, 0.5) is 4.79 Å². The van der Waals surface area contributed by atoms with Gasteiger partial charge in [-0.2, -0.15) is 0 Å². The van der Waals surface area contributed by atoms with Gasteiger partial charge in [0.2, 0.25) is 0 Å². The van der Waals surface area contributed by atoms with Crippen LogP contribution in [0.25, 0.3) is 0 Å². The molecule has 2 rings (SSSR count). The maximum Gasteiger partial charge on any atom is 0.494 e. The summed E-state index contributed by atoms with van der Waals surface area (Å²) in [5.41, 5.74) is -0.106. The maximum absolute atomic E-state index is 12.2. The van der Waals surface area contributed by atoms with E-state index >= 15 is 0 Å². The molecule has 1 aromatic carbocycles. The van der Waals surface area contributed by atoms with E-state index in [9.17, 15) is 9.90 Å². The second kappa shape index (κ2) is 8.90. The van der Waals surface area contributed by atoms with Crippen molar-refractivity contribution in [1.29, 1.82) is 0 Å². The number of rotatable bonds is 7. The minimum atomic E-state index is -0.933. The molecule has 6 nitrogen and oxygen atoms in total. The quantitative estimate of drug-likeness (QED) is 0.578. The Kier molecular flexibility index (Phi) is 7.38. The molecule has 0 saturated carbocycles. The van der Waals surface area contributed by atoms with E-state index < -0.39 is 35.5 Å². The molecule has 0 aliphatic carbocycles. The lowest BCUT2D eigenvalue weighted by molar-refractivity contribution is -0.0109. The molecule has 0 spiro atoms. The number of benzene rings is 1. The molecule has 1 N–H and O–H groups in total. The average Bonchev–Trinajstić information content (AvgIpc) is 2.79. The van der Waals surface area contributed by atoms with Crippen LogP contribution in [0, 0.1) is 12.8 Å². The van der Waals surface area contributed by atoms with Crippen LogP contribution >= 0.6 is 0 Å². The Hall–Kier alpha value is -1.73. The van der Waals surface area contributed by atoms with E-state index in [-0.39, 0.29) is 6.61 Å². The van der Waals surface area contributed by atoms with Gasteiger partial charge in [0.05, 0.1) is 16.7 Å².